The van der Waals surface area contributed by atoms with Crippen LogP contribution in [-0.4, -0.2) is 9.97 Å². The largest absolute Gasteiger partial charge is 0.343 e. The molecule has 0 saturated carbocycles. The lowest BCUT2D eigenvalue weighted by molar-refractivity contribution is 0.629. The number of hydrogen-bond acceptors (Lipinski definition) is 2. The number of aromatic nitrogens is 2. The van der Waals surface area contributed by atoms with Gasteiger partial charge in [-0.25, -0.2) is 9.37 Å². The van der Waals surface area contributed by atoms with Crippen molar-refractivity contribution in [1.29, 1.82) is 0 Å². The second-order valence-electron chi connectivity index (χ2n) is 4.40. The Kier molecular flexibility index (Phi) is 4.38. The van der Waals surface area contributed by atoms with Crippen LogP contribution >= 0.6 is 39.7 Å². The van der Waals surface area contributed by atoms with Crippen LogP contribution in [-0.2, 0) is 0 Å². The second kappa shape index (κ2) is 5.69. The number of nitrogens with one attached hydrogen (secondary N) is 1. The summed E-state index contributed by atoms with van der Waals surface area (Å²) < 4.78 is 15.1. The van der Waals surface area contributed by atoms with Crippen molar-refractivity contribution in [1.82, 2.24) is 9.97 Å². The summed E-state index contributed by atoms with van der Waals surface area (Å²) in [5, 5.41) is 0.0553. The third-order valence-electron chi connectivity index (χ3n) is 2.63. The Balaban J connectivity index is 2.66. The van der Waals surface area contributed by atoms with Crippen LogP contribution in [0, 0.1) is 10.5 Å². The van der Waals surface area contributed by atoms with Crippen molar-refractivity contribution >= 4 is 39.7 Å². The lowest BCUT2D eigenvalue weighted by Crippen LogP contribution is -2.00. The summed E-state index contributed by atoms with van der Waals surface area (Å²) >= 11 is 14.2. The van der Waals surface area contributed by atoms with Gasteiger partial charge in [0, 0.05) is 16.0 Å². The Hall–Kier alpha value is -0.780. The van der Waals surface area contributed by atoms with Gasteiger partial charge in [-0.05, 0) is 34.1 Å². The van der Waals surface area contributed by atoms with Crippen LogP contribution in [0.2, 0.25) is 5.02 Å². The maximum atomic E-state index is 14.2. The fourth-order valence-electron chi connectivity index (χ4n) is 1.63. The number of nitrogens with zero attached hydrogens (tertiary/aromatic N) is 1. The predicted molar refractivity (Wildman–Crippen MR) is 81.6 cm³/mol. The molecule has 0 bridgehead atoms. The molecule has 0 atom stereocenters. The first-order valence-electron chi connectivity index (χ1n) is 5.65. The quantitative estimate of drug-likeness (QED) is 0.566. The molecular weight excluding hydrogens is 351 g/mol. The molecule has 0 fully saturated rings. The molecule has 19 heavy (non-hydrogen) atoms. The number of benzene rings is 1. The van der Waals surface area contributed by atoms with Crippen LogP contribution < -0.4 is 0 Å². The van der Waals surface area contributed by atoms with Crippen molar-refractivity contribution in [2.75, 3.05) is 0 Å². The second-order valence-corrected chi connectivity index (χ2v) is 6.05. The van der Waals surface area contributed by atoms with Gasteiger partial charge in [0.15, 0.2) is 5.82 Å². The minimum atomic E-state index is -0.484. The molecule has 1 aromatic carbocycles. The zero-order chi connectivity index (χ0) is 14.2. The molecule has 1 aromatic heterocycles. The van der Waals surface area contributed by atoms with E-state index in [0.29, 0.717) is 20.4 Å². The number of H-pyrrole nitrogens is 1. The molecule has 0 amide bonds. The molecule has 0 spiro atoms. The van der Waals surface area contributed by atoms with Gasteiger partial charge in [-0.1, -0.05) is 37.7 Å². The minimum Gasteiger partial charge on any atom is -0.343 e. The average molecular weight is 362 g/mol. The van der Waals surface area contributed by atoms with Crippen molar-refractivity contribution in [2.24, 2.45) is 0 Å². The zero-order valence-corrected chi connectivity index (χ0v) is 13.5. The molecule has 0 aliphatic carbocycles. The fourth-order valence-corrected chi connectivity index (χ4v) is 2.32. The number of halogens is 3. The van der Waals surface area contributed by atoms with E-state index < -0.39 is 5.82 Å². The van der Waals surface area contributed by atoms with Gasteiger partial charge < -0.3 is 4.98 Å². The van der Waals surface area contributed by atoms with E-state index in [9.17, 15) is 4.39 Å². The SMILES string of the molecule is CC(C)c1nc(=S)cc(-c2ccc(Br)c(Cl)c2F)[nH]1. The van der Waals surface area contributed by atoms with E-state index in [1.807, 2.05) is 13.8 Å². The molecule has 0 radical (unpaired) electrons. The van der Waals surface area contributed by atoms with Crippen LogP contribution in [0.4, 0.5) is 4.39 Å². The van der Waals surface area contributed by atoms with Gasteiger partial charge in [-0.3, -0.25) is 0 Å². The van der Waals surface area contributed by atoms with Crippen LogP contribution in [0.3, 0.4) is 0 Å². The third-order valence-corrected chi connectivity index (χ3v) is 4.10. The van der Waals surface area contributed by atoms with Gasteiger partial charge in [0.2, 0.25) is 0 Å². The Bertz CT molecular complexity index is 685. The standard InChI is InChI=1S/C13H11BrClFN2S/c1-6(2)13-17-9(5-10(19)18-13)7-3-4-8(14)11(15)12(7)16/h3-6H,1-2H3,(H,17,18,19). The lowest BCUT2D eigenvalue weighted by Gasteiger charge is -2.10. The van der Waals surface area contributed by atoms with E-state index in [1.54, 1.807) is 18.2 Å². The van der Waals surface area contributed by atoms with Crippen LogP contribution in [0.5, 0.6) is 0 Å². The first-order valence-corrected chi connectivity index (χ1v) is 7.23. The molecule has 2 aromatic rings. The normalized spacial score (nSPS) is 11.1. The van der Waals surface area contributed by atoms with E-state index in [4.69, 9.17) is 23.8 Å². The summed E-state index contributed by atoms with van der Waals surface area (Å²) in [7, 11) is 0. The highest BCUT2D eigenvalue weighted by Crippen LogP contribution is 2.32. The maximum Gasteiger partial charge on any atom is 0.152 e. The molecule has 1 N–H and O–H groups in total. The highest BCUT2D eigenvalue weighted by molar-refractivity contribution is 9.10. The summed E-state index contributed by atoms with van der Waals surface area (Å²) in [6.45, 7) is 3.98. The number of aromatic amines is 1. The van der Waals surface area contributed by atoms with E-state index in [1.165, 1.54) is 0 Å². The molecule has 0 aliphatic rings. The van der Waals surface area contributed by atoms with E-state index in [0.717, 1.165) is 5.82 Å². The molecule has 0 unspecified atom stereocenters. The Morgan fingerprint density at radius 1 is 1.42 bits per heavy atom. The molecule has 2 nitrogen and oxygen atoms in total. The van der Waals surface area contributed by atoms with E-state index >= 15 is 0 Å². The monoisotopic (exact) mass is 360 g/mol. The molecular formula is C13H11BrClFN2S. The first kappa shape index (κ1) is 14.6. The van der Waals surface area contributed by atoms with Gasteiger partial charge >= 0.3 is 0 Å². The summed E-state index contributed by atoms with van der Waals surface area (Å²) in [5.74, 6) is 0.416. The molecule has 100 valence electrons. The van der Waals surface area contributed by atoms with Crippen LogP contribution in [0.25, 0.3) is 11.3 Å². The average Bonchev–Trinajstić information content (AvgIpc) is 2.35. The smallest absolute Gasteiger partial charge is 0.152 e. The van der Waals surface area contributed by atoms with Gasteiger partial charge in [0.25, 0.3) is 0 Å². The van der Waals surface area contributed by atoms with Crippen molar-refractivity contribution in [3.63, 3.8) is 0 Å². The summed E-state index contributed by atoms with van der Waals surface area (Å²) in [6, 6.07) is 4.98. The van der Waals surface area contributed by atoms with E-state index in [-0.39, 0.29) is 10.9 Å². The van der Waals surface area contributed by atoms with Gasteiger partial charge in [-0.2, -0.15) is 0 Å². The fraction of sp³-hybridized carbons (Fsp3) is 0.231. The van der Waals surface area contributed by atoms with Crippen molar-refractivity contribution in [3.8, 4) is 11.3 Å². The van der Waals surface area contributed by atoms with Gasteiger partial charge in [0.1, 0.15) is 10.5 Å². The highest BCUT2D eigenvalue weighted by atomic mass is 79.9. The minimum absolute atomic E-state index is 0.0553. The highest BCUT2D eigenvalue weighted by Gasteiger charge is 2.13. The number of hydrogen-bond donors (Lipinski definition) is 1. The zero-order valence-electron chi connectivity index (χ0n) is 10.3. The lowest BCUT2D eigenvalue weighted by atomic mass is 10.1. The summed E-state index contributed by atoms with van der Waals surface area (Å²) in [5.41, 5.74) is 0.958. The first-order chi connectivity index (χ1) is 8.90. The third kappa shape index (κ3) is 3.04. The number of rotatable bonds is 2. The van der Waals surface area contributed by atoms with E-state index in [2.05, 4.69) is 25.9 Å². The predicted octanol–water partition coefficient (Wildman–Crippen LogP) is 5.48. The molecule has 0 saturated heterocycles. The Morgan fingerprint density at radius 3 is 2.74 bits per heavy atom. The summed E-state index contributed by atoms with van der Waals surface area (Å²) in [4.78, 5) is 7.32. The Labute approximate surface area is 129 Å². The van der Waals surface area contributed by atoms with Crippen molar-refractivity contribution in [3.05, 3.63) is 44.0 Å². The van der Waals surface area contributed by atoms with Gasteiger partial charge in [-0.15, -0.1) is 0 Å². The molecule has 0 aliphatic heterocycles. The van der Waals surface area contributed by atoms with Crippen molar-refractivity contribution in [2.45, 2.75) is 19.8 Å². The van der Waals surface area contributed by atoms with Gasteiger partial charge in [0.05, 0.1) is 10.7 Å². The molecule has 6 heteroatoms. The molecule has 1 heterocycles. The topological polar surface area (TPSA) is 28.7 Å². The molecule has 2 rings (SSSR count). The van der Waals surface area contributed by atoms with Crippen LogP contribution in [0.15, 0.2) is 22.7 Å². The summed E-state index contributed by atoms with van der Waals surface area (Å²) in [6.07, 6.45) is 0. The van der Waals surface area contributed by atoms with Crippen molar-refractivity contribution < 1.29 is 4.39 Å². The van der Waals surface area contributed by atoms with Crippen LogP contribution in [0.1, 0.15) is 25.6 Å². The maximum absolute atomic E-state index is 14.2. The Morgan fingerprint density at radius 2 is 2.11 bits per heavy atom.